The first kappa shape index (κ1) is 12.1. The average molecular weight is 227 g/mol. The van der Waals surface area contributed by atoms with Gasteiger partial charge in [-0.15, -0.1) is 11.6 Å². The first-order chi connectivity index (χ1) is 7.17. The number of benzene rings is 1. The highest BCUT2D eigenvalue weighted by molar-refractivity contribution is 6.30. The summed E-state index contributed by atoms with van der Waals surface area (Å²) in [6.07, 6.45) is 1.50. The number of esters is 1. The Labute approximate surface area is 95.2 Å². The van der Waals surface area contributed by atoms with Gasteiger partial charge in [-0.2, -0.15) is 0 Å². The molecule has 1 rings (SSSR count). The second kappa shape index (κ2) is 5.76. The summed E-state index contributed by atoms with van der Waals surface area (Å²) in [5.74, 6) is -0.376. The lowest BCUT2D eigenvalue weighted by Gasteiger charge is -2.08. The van der Waals surface area contributed by atoms with Crippen molar-refractivity contribution in [3.05, 3.63) is 35.4 Å². The monoisotopic (exact) mass is 226 g/mol. The zero-order chi connectivity index (χ0) is 11.3. The molecule has 1 unspecified atom stereocenters. The number of carbonyl (C=O) groups is 1. The summed E-state index contributed by atoms with van der Waals surface area (Å²) < 4.78 is 4.57. The highest BCUT2D eigenvalue weighted by atomic mass is 35.5. The average Bonchev–Trinajstić information content (AvgIpc) is 2.28. The number of carbonyl (C=O) groups excluding carboxylic acids is 1. The quantitative estimate of drug-likeness (QED) is 0.583. The van der Waals surface area contributed by atoms with Gasteiger partial charge in [-0.25, -0.2) is 0 Å². The summed E-state index contributed by atoms with van der Waals surface area (Å²) in [5, 5.41) is -0.595. The molecule has 0 bridgehead atoms. The van der Waals surface area contributed by atoms with Gasteiger partial charge < -0.3 is 4.74 Å². The van der Waals surface area contributed by atoms with Gasteiger partial charge in [0, 0.05) is 0 Å². The van der Waals surface area contributed by atoms with Crippen molar-refractivity contribution in [2.24, 2.45) is 0 Å². The zero-order valence-electron chi connectivity index (χ0n) is 9.00. The normalized spacial score (nSPS) is 12.2. The van der Waals surface area contributed by atoms with Crippen LogP contribution in [0.15, 0.2) is 24.3 Å². The number of halogens is 1. The minimum absolute atomic E-state index is 0.376. The third-order valence-electron chi connectivity index (χ3n) is 2.27. The third-order valence-corrected chi connectivity index (χ3v) is 2.60. The summed E-state index contributed by atoms with van der Waals surface area (Å²) in [4.78, 5) is 11.1. The SMILES string of the molecule is CCc1cccc(CC(Cl)C(=O)OC)c1. The molecule has 0 N–H and O–H groups in total. The second-order valence-electron chi connectivity index (χ2n) is 3.37. The van der Waals surface area contributed by atoms with Crippen molar-refractivity contribution >= 4 is 17.6 Å². The maximum atomic E-state index is 11.1. The Morgan fingerprint density at radius 1 is 1.47 bits per heavy atom. The van der Waals surface area contributed by atoms with Gasteiger partial charge in [0.25, 0.3) is 0 Å². The number of alkyl halides is 1. The highest BCUT2D eigenvalue weighted by Crippen LogP contribution is 2.12. The van der Waals surface area contributed by atoms with Crippen LogP contribution >= 0.6 is 11.6 Å². The van der Waals surface area contributed by atoms with E-state index in [1.807, 2.05) is 12.1 Å². The van der Waals surface area contributed by atoms with Crippen molar-refractivity contribution in [3.63, 3.8) is 0 Å². The van der Waals surface area contributed by atoms with Crippen molar-refractivity contribution in [2.45, 2.75) is 25.1 Å². The summed E-state index contributed by atoms with van der Waals surface area (Å²) in [7, 11) is 1.35. The molecule has 2 nitrogen and oxygen atoms in total. The Kier molecular flexibility index (Phi) is 4.63. The van der Waals surface area contributed by atoms with Crippen LogP contribution in [0.5, 0.6) is 0 Å². The maximum absolute atomic E-state index is 11.1. The fraction of sp³-hybridized carbons (Fsp3) is 0.417. The fourth-order valence-electron chi connectivity index (χ4n) is 1.39. The first-order valence-electron chi connectivity index (χ1n) is 4.97. The van der Waals surface area contributed by atoms with E-state index in [0.29, 0.717) is 6.42 Å². The Morgan fingerprint density at radius 2 is 2.13 bits per heavy atom. The molecule has 0 aliphatic rings. The van der Waals surface area contributed by atoms with Crippen LogP contribution in [0.4, 0.5) is 0 Å². The largest absolute Gasteiger partial charge is 0.468 e. The van der Waals surface area contributed by atoms with Crippen LogP contribution in [0.1, 0.15) is 18.1 Å². The number of ether oxygens (including phenoxy) is 1. The van der Waals surface area contributed by atoms with Gasteiger partial charge in [-0.3, -0.25) is 4.79 Å². The fourth-order valence-corrected chi connectivity index (χ4v) is 1.66. The lowest BCUT2D eigenvalue weighted by Crippen LogP contribution is -2.18. The predicted octanol–water partition coefficient (Wildman–Crippen LogP) is 2.57. The number of methoxy groups -OCH3 is 1. The van der Waals surface area contributed by atoms with Gasteiger partial charge in [0.2, 0.25) is 0 Å². The number of hydrogen-bond acceptors (Lipinski definition) is 2. The molecule has 3 heteroatoms. The standard InChI is InChI=1S/C12H15ClO2/c1-3-9-5-4-6-10(7-9)8-11(13)12(14)15-2/h4-7,11H,3,8H2,1-2H3. The van der Waals surface area contributed by atoms with E-state index in [2.05, 4.69) is 23.8 Å². The lowest BCUT2D eigenvalue weighted by molar-refractivity contribution is -0.140. The Bertz CT molecular complexity index is 336. The van der Waals surface area contributed by atoms with Crippen molar-refractivity contribution in [2.75, 3.05) is 7.11 Å². The van der Waals surface area contributed by atoms with Crippen LogP contribution in [-0.4, -0.2) is 18.5 Å². The van der Waals surface area contributed by atoms with Gasteiger partial charge in [0.05, 0.1) is 7.11 Å². The molecule has 1 aromatic rings. The van der Waals surface area contributed by atoms with Gasteiger partial charge in [0.1, 0.15) is 5.38 Å². The predicted molar refractivity (Wildman–Crippen MR) is 61.2 cm³/mol. The molecule has 0 heterocycles. The van der Waals surface area contributed by atoms with E-state index in [9.17, 15) is 4.79 Å². The third kappa shape index (κ3) is 3.56. The minimum Gasteiger partial charge on any atom is -0.468 e. The molecule has 0 aromatic heterocycles. The molecule has 0 aliphatic heterocycles. The lowest BCUT2D eigenvalue weighted by atomic mass is 10.1. The highest BCUT2D eigenvalue weighted by Gasteiger charge is 2.15. The Morgan fingerprint density at radius 3 is 2.73 bits per heavy atom. The van der Waals surface area contributed by atoms with E-state index in [1.54, 1.807) is 0 Å². The summed E-state index contributed by atoms with van der Waals surface area (Å²) >= 11 is 5.89. The molecule has 0 fully saturated rings. The van der Waals surface area contributed by atoms with Crippen LogP contribution in [0, 0.1) is 0 Å². The Hall–Kier alpha value is -1.02. The van der Waals surface area contributed by atoms with Crippen molar-refractivity contribution in [1.29, 1.82) is 0 Å². The van der Waals surface area contributed by atoms with Crippen LogP contribution in [0.2, 0.25) is 0 Å². The van der Waals surface area contributed by atoms with Gasteiger partial charge in [-0.1, -0.05) is 31.2 Å². The molecular weight excluding hydrogens is 212 g/mol. The molecule has 0 saturated carbocycles. The van der Waals surface area contributed by atoms with Gasteiger partial charge in [0.15, 0.2) is 0 Å². The van der Waals surface area contributed by atoms with Crippen molar-refractivity contribution < 1.29 is 9.53 Å². The topological polar surface area (TPSA) is 26.3 Å². The summed E-state index contributed by atoms with van der Waals surface area (Å²) in [5.41, 5.74) is 2.32. The van der Waals surface area contributed by atoms with E-state index in [1.165, 1.54) is 12.7 Å². The summed E-state index contributed by atoms with van der Waals surface area (Å²) in [6.45, 7) is 2.09. The van der Waals surface area contributed by atoms with Crippen LogP contribution in [0.25, 0.3) is 0 Å². The molecule has 0 saturated heterocycles. The van der Waals surface area contributed by atoms with Crippen molar-refractivity contribution in [3.8, 4) is 0 Å². The van der Waals surface area contributed by atoms with E-state index in [0.717, 1.165) is 12.0 Å². The molecule has 1 aromatic carbocycles. The molecule has 15 heavy (non-hydrogen) atoms. The van der Waals surface area contributed by atoms with E-state index < -0.39 is 5.38 Å². The smallest absolute Gasteiger partial charge is 0.324 e. The maximum Gasteiger partial charge on any atom is 0.324 e. The van der Waals surface area contributed by atoms with Gasteiger partial charge >= 0.3 is 5.97 Å². The molecular formula is C12H15ClO2. The first-order valence-corrected chi connectivity index (χ1v) is 5.40. The number of hydrogen-bond donors (Lipinski definition) is 0. The molecule has 1 atom stereocenters. The van der Waals surface area contributed by atoms with E-state index in [-0.39, 0.29) is 5.97 Å². The molecule has 0 radical (unpaired) electrons. The van der Waals surface area contributed by atoms with E-state index >= 15 is 0 Å². The summed E-state index contributed by atoms with van der Waals surface area (Å²) in [6, 6.07) is 8.08. The second-order valence-corrected chi connectivity index (χ2v) is 3.90. The van der Waals surface area contributed by atoms with Crippen LogP contribution < -0.4 is 0 Å². The Balaban J connectivity index is 2.67. The van der Waals surface area contributed by atoms with Gasteiger partial charge in [-0.05, 0) is 24.0 Å². The van der Waals surface area contributed by atoms with E-state index in [4.69, 9.17) is 11.6 Å². The zero-order valence-corrected chi connectivity index (χ0v) is 9.75. The van der Waals surface area contributed by atoms with Crippen LogP contribution in [-0.2, 0) is 22.4 Å². The molecule has 0 amide bonds. The van der Waals surface area contributed by atoms with Crippen molar-refractivity contribution in [1.82, 2.24) is 0 Å². The molecule has 0 spiro atoms. The number of rotatable bonds is 4. The molecule has 82 valence electrons. The minimum atomic E-state index is -0.595. The van der Waals surface area contributed by atoms with Crippen LogP contribution in [0.3, 0.4) is 0 Å². The number of aryl methyl sites for hydroxylation is 1. The molecule has 0 aliphatic carbocycles.